The summed E-state index contributed by atoms with van der Waals surface area (Å²) < 4.78 is 10.6. The van der Waals surface area contributed by atoms with Gasteiger partial charge in [0.05, 0.1) is 6.04 Å². The molecule has 1 aromatic carbocycles. The van der Waals surface area contributed by atoms with E-state index in [1.54, 1.807) is 13.8 Å². The summed E-state index contributed by atoms with van der Waals surface area (Å²) in [7, 11) is 0. The molecule has 1 aliphatic rings. The molecule has 1 amide bonds. The topological polar surface area (TPSA) is 93.3 Å². The van der Waals surface area contributed by atoms with E-state index in [0.29, 0.717) is 35.0 Å². The van der Waals surface area contributed by atoms with Crippen LogP contribution in [0.1, 0.15) is 42.0 Å². The number of carbonyl (C=O) groups is 1. The second-order valence-electron chi connectivity index (χ2n) is 6.12. The van der Waals surface area contributed by atoms with Crippen LogP contribution in [0.15, 0.2) is 23.0 Å². The number of hydrogen-bond acceptors (Lipinski definition) is 5. The molecule has 1 atom stereocenters. The predicted molar refractivity (Wildman–Crippen MR) is 91.8 cm³/mol. The van der Waals surface area contributed by atoms with Crippen molar-refractivity contribution in [2.24, 2.45) is 0 Å². The number of aromatic amines is 1. The molecule has 0 saturated heterocycles. The molecule has 1 aliphatic heterocycles. The average molecular weight is 343 g/mol. The quantitative estimate of drug-likeness (QED) is 0.865. The molecular formula is C18H21N3O4. The maximum atomic E-state index is 12.2. The molecule has 0 saturated carbocycles. The smallest absolute Gasteiger partial charge is 0.254 e. The summed E-state index contributed by atoms with van der Waals surface area (Å²) in [6, 6.07) is 5.43. The van der Waals surface area contributed by atoms with Gasteiger partial charge in [-0.1, -0.05) is 6.07 Å². The molecule has 2 aromatic rings. The number of amides is 1. The van der Waals surface area contributed by atoms with Gasteiger partial charge in [0.2, 0.25) is 12.7 Å². The molecule has 3 rings (SSSR count). The first-order chi connectivity index (χ1) is 11.9. The molecule has 132 valence electrons. The Bertz CT molecular complexity index is 860. The highest BCUT2D eigenvalue weighted by atomic mass is 16.7. The minimum absolute atomic E-state index is 0.121. The van der Waals surface area contributed by atoms with Crippen molar-refractivity contribution in [2.45, 2.75) is 39.7 Å². The Labute approximate surface area is 145 Å². The standard InChI is InChI=1S/C18H21N3O4/c1-10(13-4-6-15-16(8-13)25-9-24-15)20-17(22)7-5-14-11(2)19-12(3)21-18(14)23/h4,6,8,10H,5,7,9H2,1-3H3,(H,20,22)(H,19,21,23)/t10-/m0/s1. The number of ether oxygens (including phenoxy) is 2. The van der Waals surface area contributed by atoms with Crippen LogP contribution in [-0.4, -0.2) is 22.7 Å². The van der Waals surface area contributed by atoms with Crippen molar-refractivity contribution in [1.82, 2.24) is 15.3 Å². The van der Waals surface area contributed by atoms with Crippen molar-refractivity contribution >= 4 is 5.91 Å². The van der Waals surface area contributed by atoms with Crippen molar-refractivity contribution in [3.63, 3.8) is 0 Å². The van der Waals surface area contributed by atoms with Gasteiger partial charge in [-0.2, -0.15) is 0 Å². The second-order valence-corrected chi connectivity index (χ2v) is 6.12. The lowest BCUT2D eigenvalue weighted by atomic mass is 10.1. The zero-order chi connectivity index (χ0) is 18.0. The Hall–Kier alpha value is -2.83. The Morgan fingerprint density at radius 1 is 1.32 bits per heavy atom. The van der Waals surface area contributed by atoms with Crippen molar-refractivity contribution < 1.29 is 14.3 Å². The first-order valence-electron chi connectivity index (χ1n) is 8.19. The lowest BCUT2D eigenvalue weighted by Crippen LogP contribution is -2.28. The molecule has 0 bridgehead atoms. The number of aromatic nitrogens is 2. The van der Waals surface area contributed by atoms with E-state index < -0.39 is 0 Å². The third kappa shape index (κ3) is 3.81. The highest BCUT2D eigenvalue weighted by Gasteiger charge is 2.17. The van der Waals surface area contributed by atoms with Crippen LogP contribution < -0.4 is 20.3 Å². The summed E-state index contributed by atoms with van der Waals surface area (Å²) in [5.74, 6) is 1.85. The molecule has 2 heterocycles. The number of fused-ring (bicyclic) bond motifs is 1. The van der Waals surface area contributed by atoms with E-state index in [2.05, 4.69) is 15.3 Å². The van der Waals surface area contributed by atoms with Crippen molar-refractivity contribution in [1.29, 1.82) is 0 Å². The molecule has 2 N–H and O–H groups in total. The number of H-pyrrole nitrogens is 1. The highest BCUT2D eigenvalue weighted by Crippen LogP contribution is 2.34. The van der Waals surface area contributed by atoms with Crippen LogP contribution in [0.25, 0.3) is 0 Å². The fourth-order valence-corrected chi connectivity index (χ4v) is 2.86. The third-order valence-electron chi connectivity index (χ3n) is 4.22. The molecule has 0 aliphatic carbocycles. The molecule has 7 heteroatoms. The van der Waals surface area contributed by atoms with E-state index in [0.717, 1.165) is 5.56 Å². The maximum Gasteiger partial charge on any atom is 0.254 e. The number of carbonyl (C=O) groups excluding carboxylic acids is 1. The van der Waals surface area contributed by atoms with Crippen LogP contribution >= 0.6 is 0 Å². The van der Waals surface area contributed by atoms with E-state index in [4.69, 9.17) is 9.47 Å². The average Bonchev–Trinajstić information content (AvgIpc) is 3.01. The van der Waals surface area contributed by atoms with Gasteiger partial charge in [0.25, 0.3) is 5.56 Å². The maximum absolute atomic E-state index is 12.2. The minimum Gasteiger partial charge on any atom is -0.454 e. The van der Waals surface area contributed by atoms with Crippen LogP contribution in [0, 0.1) is 13.8 Å². The summed E-state index contributed by atoms with van der Waals surface area (Å²) in [6.07, 6.45) is 0.581. The molecule has 0 radical (unpaired) electrons. The molecule has 25 heavy (non-hydrogen) atoms. The predicted octanol–water partition coefficient (Wildman–Crippen LogP) is 1.93. The van der Waals surface area contributed by atoms with Gasteiger partial charge in [0.15, 0.2) is 11.5 Å². The molecule has 0 unspecified atom stereocenters. The van der Waals surface area contributed by atoms with Crippen LogP contribution in [0.2, 0.25) is 0 Å². The lowest BCUT2D eigenvalue weighted by molar-refractivity contribution is -0.121. The largest absolute Gasteiger partial charge is 0.454 e. The van der Waals surface area contributed by atoms with Crippen molar-refractivity contribution in [3.05, 3.63) is 51.2 Å². The number of hydrogen-bond donors (Lipinski definition) is 2. The minimum atomic E-state index is -0.179. The summed E-state index contributed by atoms with van der Waals surface area (Å²) >= 11 is 0. The molecule has 0 spiro atoms. The fraction of sp³-hybridized carbons (Fsp3) is 0.389. The van der Waals surface area contributed by atoms with Gasteiger partial charge in [-0.05, 0) is 44.9 Å². The van der Waals surface area contributed by atoms with Gasteiger partial charge < -0.3 is 19.8 Å². The number of nitrogens with zero attached hydrogens (tertiary/aromatic N) is 1. The Kier molecular flexibility index (Phi) is 4.74. The van der Waals surface area contributed by atoms with Gasteiger partial charge in [0.1, 0.15) is 5.82 Å². The normalized spacial score (nSPS) is 13.6. The van der Waals surface area contributed by atoms with Gasteiger partial charge in [-0.3, -0.25) is 9.59 Å². The van der Waals surface area contributed by atoms with Gasteiger partial charge in [-0.25, -0.2) is 4.98 Å². The van der Waals surface area contributed by atoms with Crippen LogP contribution in [0.4, 0.5) is 0 Å². The third-order valence-corrected chi connectivity index (χ3v) is 4.22. The first kappa shape index (κ1) is 17.0. The van der Waals surface area contributed by atoms with E-state index in [1.165, 1.54) is 0 Å². The van der Waals surface area contributed by atoms with Crippen molar-refractivity contribution in [2.75, 3.05) is 6.79 Å². The first-order valence-corrected chi connectivity index (χ1v) is 8.19. The number of nitrogens with one attached hydrogen (secondary N) is 2. The Morgan fingerprint density at radius 2 is 2.08 bits per heavy atom. The van der Waals surface area contributed by atoms with Crippen LogP contribution in [0.5, 0.6) is 11.5 Å². The zero-order valence-electron chi connectivity index (χ0n) is 14.5. The molecular weight excluding hydrogens is 322 g/mol. The van der Waals surface area contributed by atoms with Crippen LogP contribution in [0.3, 0.4) is 0 Å². The second kappa shape index (κ2) is 6.96. The van der Waals surface area contributed by atoms with E-state index in [9.17, 15) is 9.59 Å². The lowest BCUT2D eigenvalue weighted by Gasteiger charge is -2.15. The summed E-state index contributed by atoms with van der Waals surface area (Å²) in [6.45, 7) is 5.64. The number of benzene rings is 1. The molecule has 0 fully saturated rings. The molecule has 1 aromatic heterocycles. The SMILES string of the molecule is Cc1nc(C)c(CCC(=O)N[C@@H](C)c2ccc3c(c2)OCO3)c(=O)[nH]1. The Morgan fingerprint density at radius 3 is 2.84 bits per heavy atom. The zero-order valence-corrected chi connectivity index (χ0v) is 14.5. The highest BCUT2D eigenvalue weighted by molar-refractivity contribution is 5.76. The summed E-state index contributed by atoms with van der Waals surface area (Å²) in [5, 5.41) is 2.94. The fourth-order valence-electron chi connectivity index (χ4n) is 2.86. The Balaban J connectivity index is 1.60. The van der Waals surface area contributed by atoms with Gasteiger partial charge in [-0.15, -0.1) is 0 Å². The van der Waals surface area contributed by atoms with E-state index in [1.807, 2.05) is 25.1 Å². The van der Waals surface area contributed by atoms with Crippen LogP contribution in [-0.2, 0) is 11.2 Å². The van der Waals surface area contributed by atoms with Gasteiger partial charge in [0, 0.05) is 17.7 Å². The summed E-state index contributed by atoms with van der Waals surface area (Å²) in [5.41, 5.74) is 1.97. The number of rotatable bonds is 5. The van der Waals surface area contributed by atoms with Crippen molar-refractivity contribution in [3.8, 4) is 11.5 Å². The summed E-state index contributed by atoms with van der Waals surface area (Å²) in [4.78, 5) is 31.1. The van der Waals surface area contributed by atoms with E-state index >= 15 is 0 Å². The molecule has 7 nitrogen and oxygen atoms in total. The monoisotopic (exact) mass is 343 g/mol. The van der Waals surface area contributed by atoms with Gasteiger partial charge >= 0.3 is 0 Å². The number of aryl methyl sites for hydroxylation is 2. The van der Waals surface area contributed by atoms with E-state index in [-0.39, 0.29) is 30.7 Å².